The smallest absolute Gasteiger partial charge is 0.233 e. The summed E-state index contributed by atoms with van der Waals surface area (Å²) in [6.45, 7) is 1.84. The van der Waals surface area contributed by atoms with Crippen LogP contribution in [0.4, 0.5) is 0 Å². The van der Waals surface area contributed by atoms with Crippen molar-refractivity contribution in [3.8, 4) is 11.4 Å². The number of hydrogen-bond donors (Lipinski definition) is 0. The highest BCUT2D eigenvalue weighted by molar-refractivity contribution is 7.99. The predicted molar refractivity (Wildman–Crippen MR) is 105 cm³/mol. The topological polar surface area (TPSA) is 60.2 Å². The summed E-state index contributed by atoms with van der Waals surface area (Å²) in [5.74, 6) is 2.95. The first kappa shape index (κ1) is 18.3. The number of carbonyl (C=O) groups is 1. The molecule has 0 bridgehead atoms. The first-order valence-electron chi connectivity index (χ1n) is 9.69. The zero-order valence-electron chi connectivity index (χ0n) is 15.7. The van der Waals surface area contributed by atoms with E-state index < -0.39 is 0 Å². The number of carbonyl (C=O) groups excluding carboxylic acids is 1. The number of rotatable bonds is 5. The molecule has 1 amide bonds. The Balaban J connectivity index is 1.38. The standard InChI is InChI=1S/C20H26N4O2S/c1-26-18-8-4-7-17(11-18)24-14-21-22-20(24)27-13-19(25)23-10-9-15-5-2-3-6-16(15)12-23/h4,7-8,11,14-16H,2-3,5-6,9-10,12-13H2,1H3/t15-,16+/m0/s1. The van der Waals surface area contributed by atoms with Crippen LogP contribution in [0, 0.1) is 11.8 Å². The van der Waals surface area contributed by atoms with Crippen molar-refractivity contribution in [3.05, 3.63) is 30.6 Å². The summed E-state index contributed by atoms with van der Waals surface area (Å²) in [5.41, 5.74) is 0.928. The minimum absolute atomic E-state index is 0.212. The quantitative estimate of drug-likeness (QED) is 0.737. The number of likely N-dealkylation sites (tertiary alicyclic amines) is 1. The fourth-order valence-corrected chi connectivity index (χ4v) is 5.14. The summed E-state index contributed by atoms with van der Waals surface area (Å²) in [6, 6.07) is 7.75. The minimum atomic E-state index is 0.212. The summed E-state index contributed by atoms with van der Waals surface area (Å²) in [5, 5.41) is 8.95. The second kappa shape index (κ2) is 8.33. The Morgan fingerprint density at radius 2 is 2.11 bits per heavy atom. The average Bonchev–Trinajstić information content (AvgIpc) is 3.20. The Kier molecular flexibility index (Phi) is 5.66. The third-order valence-electron chi connectivity index (χ3n) is 5.82. The maximum absolute atomic E-state index is 12.7. The number of amides is 1. The molecular formula is C20H26N4O2S. The van der Waals surface area contributed by atoms with E-state index in [2.05, 4.69) is 15.1 Å². The molecule has 2 fully saturated rings. The van der Waals surface area contributed by atoms with Crippen LogP contribution in [0.1, 0.15) is 32.1 Å². The van der Waals surface area contributed by atoms with Crippen LogP contribution in [0.2, 0.25) is 0 Å². The number of methoxy groups -OCH3 is 1. The van der Waals surface area contributed by atoms with Crippen molar-refractivity contribution in [2.24, 2.45) is 11.8 Å². The van der Waals surface area contributed by atoms with Crippen LogP contribution in [-0.2, 0) is 4.79 Å². The minimum Gasteiger partial charge on any atom is -0.497 e. The lowest BCUT2D eigenvalue weighted by Gasteiger charge is -2.41. The van der Waals surface area contributed by atoms with Gasteiger partial charge >= 0.3 is 0 Å². The van der Waals surface area contributed by atoms with E-state index in [1.165, 1.54) is 43.9 Å². The van der Waals surface area contributed by atoms with Crippen molar-refractivity contribution in [2.75, 3.05) is 26.0 Å². The summed E-state index contributed by atoms with van der Waals surface area (Å²) < 4.78 is 7.19. The van der Waals surface area contributed by atoms with Crippen molar-refractivity contribution >= 4 is 17.7 Å². The zero-order chi connectivity index (χ0) is 18.6. The molecule has 4 rings (SSSR count). The van der Waals surface area contributed by atoms with Gasteiger partial charge in [0.1, 0.15) is 12.1 Å². The molecule has 6 nitrogen and oxygen atoms in total. The third kappa shape index (κ3) is 4.13. The molecule has 0 radical (unpaired) electrons. The molecule has 1 aromatic carbocycles. The number of aromatic nitrogens is 3. The number of fused-ring (bicyclic) bond motifs is 1. The Hall–Kier alpha value is -2.02. The van der Waals surface area contributed by atoms with Crippen LogP contribution in [0.5, 0.6) is 5.75 Å². The Morgan fingerprint density at radius 1 is 1.26 bits per heavy atom. The zero-order valence-corrected chi connectivity index (χ0v) is 16.5. The van der Waals surface area contributed by atoms with Crippen molar-refractivity contribution in [1.29, 1.82) is 0 Å². The third-order valence-corrected chi connectivity index (χ3v) is 6.74. The molecule has 1 aliphatic carbocycles. The highest BCUT2D eigenvalue weighted by Gasteiger charge is 2.32. The molecular weight excluding hydrogens is 360 g/mol. The van der Waals surface area contributed by atoms with E-state index in [4.69, 9.17) is 4.74 Å². The molecule has 1 saturated carbocycles. The lowest BCUT2D eigenvalue weighted by molar-refractivity contribution is -0.131. The van der Waals surface area contributed by atoms with Crippen molar-refractivity contribution in [3.63, 3.8) is 0 Å². The van der Waals surface area contributed by atoms with Crippen molar-refractivity contribution < 1.29 is 9.53 Å². The highest BCUT2D eigenvalue weighted by Crippen LogP contribution is 2.36. The summed E-state index contributed by atoms with van der Waals surface area (Å²) in [6.07, 6.45) is 8.17. The van der Waals surface area contributed by atoms with Gasteiger partial charge in [-0.15, -0.1) is 10.2 Å². The molecule has 1 saturated heterocycles. The fraction of sp³-hybridized carbons (Fsp3) is 0.550. The van der Waals surface area contributed by atoms with Gasteiger partial charge in [0.25, 0.3) is 0 Å². The number of nitrogens with zero attached hydrogens (tertiary/aromatic N) is 4. The second-order valence-electron chi connectivity index (χ2n) is 7.41. The molecule has 2 atom stereocenters. The first-order chi connectivity index (χ1) is 13.2. The van der Waals surface area contributed by atoms with E-state index >= 15 is 0 Å². The summed E-state index contributed by atoms with van der Waals surface area (Å²) in [7, 11) is 1.65. The van der Waals surface area contributed by atoms with E-state index in [1.54, 1.807) is 13.4 Å². The van der Waals surface area contributed by atoms with E-state index in [1.807, 2.05) is 28.8 Å². The predicted octanol–water partition coefficient (Wildman–Crippen LogP) is 3.41. The van der Waals surface area contributed by atoms with E-state index in [0.717, 1.165) is 35.6 Å². The molecule has 144 valence electrons. The number of thioether (sulfide) groups is 1. The van der Waals surface area contributed by atoms with Gasteiger partial charge in [0, 0.05) is 19.2 Å². The number of ether oxygens (including phenoxy) is 1. The molecule has 7 heteroatoms. The largest absolute Gasteiger partial charge is 0.497 e. The fourth-order valence-electron chi connectivity index (χ4n) is 4.31. The molecule has 0 unspecified atom stereocenters. The van der Waals surface area contributed by atoms with Crippen LogP contribution in [0.3, 0.4) is 0 Å². The van der Waals surface area contributed by atoms with Gasteiger partial charge in [0.2, 0.25) is 5.91 Å². The van der Waals surface area contributed by atoms with E-state index in [-0.39, 0.29) is 5.91 Å². The monoisotopic (exact) mass is 386 g/mol. The normalized spacial score (nSPS) is 22.3. The van der Waals surface area contributed by atoms with Crippen LogP contribution >= 0.6 is 11.8 Å². The van der Waals surface area contributed by atoms with Crippen molar-refractivity contribution in [1.82, 2.24) is 19.7 Å². The van der Waals surface area contributed by atoms with Gasteiger partial charge in [0.05, 0.1) is 18.6 Å². The van der Waals surface area contributed by atoms with Gasteiger partial charge in [-0.2, -0.15) is 0 Å². The van der Waals surface area contributed by atoms with E-state index in [0.29, 0.717) is 11.7 Å². The van der Waals surface area contributed by atoms with Gasteiger partial charge in [0.15, 0.2) is 5.16 Å². The second-order valence-corrected chi connectivity index (χ2v) is 8.35. The van der Waals surface area contributed by atoms with Gasteiger partial charge in [-0.05, 0) is 36.8 Å². The SMILES string of the molecule is COc1cccc(-n2cnnc2SCC(=O)N2CC[C@@H]3CCCC[C@@H]3C2)c1. The molecule has 2 aromatic rings. The van der Waals surface area contributed by atoms with Gasteiger partial charge < -0.3 is 9.64 Å². The average molecular weight is 387 g/mol. The Bertz CT molecular complexity index is 794. The van der Waals surface area contributed by atoms with E-state index in [9.17, 15) is 4.79 Å². The Labute approximate surface area is 164 Å². The van der Waals surface area contributed by atoms with Gasteiger partial charge in [-0.3, -0.25) is 9.36 Å². The molecule has 2 heterocycles. The summed E-state index contributed by atoms with van der Waals surface area (Å²) >= 11 is 1.45. The summed E-state index contributed by atoms with van der Waals surface area (Å²) in [4.78, 5) is 14.8. The Morgan fingerprint density at radius 3 is 2.96 bits per heavy atom. The lowest BCUT2D eigenvalue weighted by atomic mass is 9.75. The molecule has 2 aliphatic rings. The number of hydrogen-bond acceptors (Lipinski definition) is 5. The maximum atomic E-state index is 12.7. The maximum Gasteiger partial charge on any atom is 0.233 e. The van der Waals surface area contributed by atoms with Crippen LogP contribution in [0.15, 0.2) is 35.7 Å². The first-order valence-corrected chi connectivity index (χ1v) is 10.7. The lowest BCUT2D eigenvalue weighted by Crippen LogP contribution is -2.45. The van der Waals surface area contributed by atoms with Gasteiger partial charge in [-0.25, -0.2) is 0 Å². The molecule has 1 aromatic heterocycles. The number of piperidine rings is 1. The molecule has 0 spiro atoms. The van der Waals surface area contributed by atoms with Crippen LogP contribution in [0.25, 0.3) is 5.69 Å². The van der Waals surface area contributed by atoms with Crippen molar-refractivity contribution in [2.45, 2.75) is 37.3 Å². The van der Waals surface area contributed by atoms with Gasteiger partial charge in [-0.1, -0.05) is 37.1 Å². The molecule has 0 N–H and O–H groups in total. The molecule has 27 heavy (non-hydrogen) atoms. The highest BCUT2D eigenvalue weighted by atomic mass is 32.2. The van der Waals surface area contributed by atoms with Crippen LogP contribution in [-0.4, -0.2) is 51.5 Å². The molecule has 1 aliphatic heterocycles. The van der Waals surface area contributed by atoms with Crippen LogP contribution < -0.4 is 4.74 Å². The number of benzene rings is 1.